The minimum atomic E-state index is -2.70. The van der Waals surface area contributed by atoms with Gasteiger partial charge in [0.1, 0.15) is 0 Å². The monoisotopic (exact) mass is 177 g/mol. The predicted octanol–water partition coefficient (Wildman–Crippen LogP) is 2.17. The van der Waals surface area contributed by atoms with Gasteiger partial charge in [0.15, 0.2) is 0 Å². The molecule has 0 aliphatic rings. The standard InChI is InChI=1S/C7H6F3NO/c1-12-7-4(6(9)10)2-3-5(8)11-7/h2-3,6H,1H3. The van der Waals surface area contributed by atoms with Gasteiger partial charge in [-0.05, 0) is 12.1 Å². The Balaban J connectivity index is 3.11. The molecule has 0 atom stereocenters. The molecule has 12 heavy (non-hydrogen) atoms. The second-order valence-corrected chi connectivity index (χ2v) is 2.03. The second kappa shape index (κ2) is 3.42. The highest BCUT2D eigenvalue weighted by Gasteiger charge is 2.15. The topological polar surface area (TPSA) is 22.1 Å². The fourth-order valence-corrected chi connectivity index (χ4v) is 0.758. The van der Waals surface area contributed by atoms with Crippen molar-refractivity contribution in [2.24, 2.45) is 0 Å². The predicted molar refractivity (Wildman–Crippen MR) is 35.7 cm³/mol. The Kier molecular flexibility index (Phi) is 2.52. The molecule has 0 saturated carbocycles. The zero-order valence-corrected chi connectivity index (χ0v) is 6.22. The lowest BCUT2D eigenvalue weighted by molar-refractivity contribution is 0.145. The van der Waals surface area contributed by atoms with Crippen molar-refractivity contribution in [3.63, 3.8) is 0 Å². The number of alkyl halides is 2. The summed E-state index contributed by atoms with van der Waals surface area (Å²) in [5, 5.41) is 0. The number of ether oxygens (including phenoxy) is 1. The molecule has 0 bridgehead atoms. The van der Waals surface area contributed by atoms with Gasteiger partial charge in [0.05, 0.1) is 12.7 Å². The van der Waals surface area contributed by atoms with Crippen LogP contribution in [0.2, 0.25) is 0 Å². The van der Waals surface area contributed by atoms with Gasteiger partial charge in [-0.2, -0.15) is 9.37 Å². The van der Waals surface area contributed by atoms with E-state index in [4.69, 9.17) is 0 Å². The van der Waals surface area contributed by atoms with Gasteiger partial charge in [-0.3, -0.25) is 0 Å². The fraction of sp³-hybridized carbons (Fsp3) is 0.286. The van der Waals surface area contributed by atoms with Gasteiger partial charge in [-0.15, -0.1) is 0 Å². The van der Waals surface area contributed by atoms with Crippen LogP contribution in [0.1, 0.15) is 12.0 Å². The number of pyridine rings is 1. The first-order valence-electron chi connectivity index (χ1n) is 3.13. The Labute approximate surface area is 67.0 Å². The Morgan fingerprint density at radius 2 is 2.08 bits per heavy atom. The van der Waals surface area contributed by atoms with Crippen LogP contribution in [0.3, 0.4) is 0 Å². The second-order valence-electron chi connectivity index (χ2n) is 2.03. The number of halogens is 3. The van der Waals surface area contributed by atoms with E-state index in [1.165, 1.54) is 0 Å². The summed E-state index contributed by atoms with van der Waals surface area (Å²) >= 11 is 0. The summed E-state index contributed by atoms with van der Waals surface area (Å²) in [7, 11) is 1.16. The van der Waals surface area contributed by atoms with Crippen LogP contribution in [0.15, 0.2) is 12.1 Å². The lowest BCUT2D eigenvalue weighted by atomic mass is 10.3. The summed E-state index contributed by atoms with van der Waals surface area (Å²) in [6.45, 7) is 0. The zero-order valence-electron chi connectivity index (χ0n) is 6.22. The van der Waals surface area contributed by atoms with Gasteiger partial charge in [0, 0.05) is 0 Å². The molecule has 0 aliphatic heterocycles. The van der Waals surface area contributed by atoms with Crippen LogP contribution in [-0.4, -0.2) is 12.1 Å². The molecule has 1 rings (SSSR count). The third-order valence-corrected chi connectivity index (χ3v) is 1.28. The number of aromatic nitrogens is 1. The van der Waals surface area contributed by atoms with Gasteiger partial charge in [-0.25, -0.2) is 8.78 Å². The number of hydrogen-bond donors (Lipinski definition) is 0. The number of rotatable bonds is 2. The van der Waals surface area contributed by atoms with Gasteiger partial charge in [-0.1, -0.05) is 0 Å². The molecule has 2 nitrogen and oxygen atoms in total. The summed E-state index contributed by atoms with van der Waals surface area (Å²) in [5.74, 6) is -1.21. The average Bonchev–Trinajstić information content (AvgIpc) is 2.03. The molecular formula is C7H6F3NO. The molecule has 0 amide bonds. The third kappa shape index (κ3) is 1.66. The highest BCUT2D eigenvalue weighted by Crippen LogP contribution is 2.26. The summed E-state index contributed by atoms with van der Waals surface area (Å²) in [6.07, 6.45) is -2.70. The van der Waals surface area contributed by atoms with E-state index in [0.717, 1.165) is 19.2 Å². The van der Waals surface area contributed by atoms with Crippen LogP contribution in [-0.2, 0) is 0 Å². The van der Waals surface area contributed by atoms with Crippen molar-refractivity contribution < 1.29 is 17.9 Å². The van der Waals surface area contributed by atoms with Crippen LogP contribution in [0, 0.1) is 5.95 Å². The maximum atomic E-state index is 12.4. The molecule has 0 N–H and O–H groups in total. The van der Waals surface area contributed by atoms with Gasteiger partial charge >= 0.3 is 0 Å². The molecule has 0 aliphatic carbocycles. The Bertz CT molecular complexity index is 277. The van der Waals surface area contributed by atoms with Crippen LogP contribution >= 0.6 is 0 Å². The number of methoxy groups -OCH3 is 1. The van der Waals surface area contributed by atoms with Crippen molar-refractivity contribution >= 4 is 0 Å². The average molecular weight is 177 g/mol. The molecular weight excluding hydrogens is 171 g/mol. The fourth-order valence-electron chi connectivity index (χ4n) is 0.758. The van der Waals surface area contributed by atoms with E-state index in [1.54, 1.807) is 0 Å². The zero-order chi connectivity index (χ0) is 9.14. The third-order valence-electron chi connectivity index (χ3n) is 1.28. The van der Waals surface area contributed by atoms with Crippen molar-refractivity contribution in [1.29, 1.82) is 0 Å². The minimum Gasteiger partial charge on any atom is -0.481 e. The van der Waals surface area contributed by atoms with Crippen molar-refractivity contribution in [3.8, 4) is 5.88 Å². The van der Waals surface area contributed by atoms with Crippen LogP contribution in [0.25, 0.3) is 0 Å². The first-order chi connectivity index (χ1) is 5.65. The summed E-state index contributed by atoms with van der Waals surface area (Å²) in [5.41, 5.74) is -0.404. The molecule has 0 spiro atoms. The molecule has 0 aromatic carbocycles. The summed E-state index contributed by atoms with van der Waals surface area (Å²) in [6, 6.07) is 1.82. The van der Waals surface area contributed by atoms with Crippen LogP contribution in [0.5, 0.6) is 5.88 Å². The first-order valence-corrected chi connectivity index (χ1v) is 3.13. The molecule has 5 heteroatoms. The van der Waals surface area contributed by atoms with Gasteiger partial charge < -0.3 is 4.74 Å². The van der Waals surface area contributed by atoms with Gasteiger partial charge in [0.2, 0.25) is 11.8 Å². The lowest BCUT2D eigenvalue weighted by Gasteiger charge is -2.04. The van der Waals surface area contributed by atoms with Crippen LogP contribution < -0.4 is 4.74 Å². The van der Waals surface area contributed by atoms with Crippen molar-refractivity contribution in [1.82, 2.24) is 4.98 Å². The number of hydrogen-bond acceptors (Lipinski definition) is 2. The molecule has 0 unspecified atom stereocenters. The first kappa shape index (κ1) is 8.83. The van der Waals surface area contributed by atoms with Crippen molar-refractivity contribution in [2.75, 3.05) is 7.11 Å². The van der Waals surface area contributed by atoms with E-state index in [-0.39, 0.29) is 5.88 Å². The normalized spacial score (nSPS) is 10.4. The Hall–Kier alpha value is -1.26. The molecule has 1 aromatic rings. The van der Waals surface area contributed by atoms with Crippen molar-refractivity contribution in [2.45, 2.75) is 6.43 Å². The van der Waals surface area contributed by atoms with E-state index in [2.05, 4.69) is 9.72 Å². The van der Waals surface area contributed by atoms with E-state index in [9.17, 15) is 13.2 Å². The molecule has 1 aromatic heterocycles. The molecule has 0 fully saturated rings. The number of nitrogens with zero attached hydrogens (tertiary/aromatic N) is 1. The largest absolute Gasteiger partial charge is 0.481 e. The summed E-state index contributed by atoms with van der Waals surface area (Å²) < 4.78 is 41.0. The van der Waals surface area contributed by atoms with Gasteiger partial charge in [0.25, 0.3) is 6.43 Å². The maximum absolute atomic E-state index is 12.4. The lowest BCUT2D eigenvalue weighted by Crippen LogP contribution is -1.97. The highest BCUT2D eigenvalue weighted by atomic mass is 19.3. The molecule has 0 saturated heterocycles. The summed E-state index contributed by atoms with van der Waals surface area (Å²) in [4.78, 5) is 3.14. The maximum Gasteiger partial charge on any atom is 0.269 e. The Morgan fingerprint density at radius 1 is 1.42 bits per heavy atom. The SMILES string of the molecule is COc1nc(F)ccc1C(F)F. The smallest absolute Gasteiger partial charge is 0.269 e. The quantitative estimate of drug-likeness (QED) is 0.646. The molecule has 0 radical (unpaired) electrons. The molecule has 1 heterocycles. The molecule has 66 valence electrons. The van der Waals surface area contributed by atoms with Crippen molar-refractivity contribution in [3.05, 3.63) is 23.6 Å². The van der Waals surface area contributed by atoms with E-state index in [1.807, 2.05) is 0 Å². The van der Waals surface area contributed by atoms with E-state index >= 15 is 0 Å². The van der Waals surface area contributed by atoms with E-state index < -0.39 is 17.9 Å². The highest BCUT2D eigenvalue weighted by molar-refractivity contribution is 5.26. The minimum absolute atomic E-state index is 0.370. The van der Waals surface area contributed by atoms with Crippen LogP contribution in [0.4, 0.5) is 13.2 Å². The van der Waals surface area contributed by atoms with E-state index in [0.29, 0.717) is 0 Å². The Morgan fingerprint density at radius 3 is 2.58 bits per heavy atom.